The fourth-order valence-electron chi connectivity index (χ4n) is 1.27. The second-order valence-electron chi connectivity index (χ2n) is 3.27. The van der Waals surface area contributed by atoms with Crippen molar-refractivity contribution < 1.29 is 13.6 Å². The molecule has 0 atom stereocenters. The van der Waals surface area contributed by atoms with Gasteiger partial charge in [-0.15, -0.1) is 0 Å². The third-order valence-corrected chi connectivity index (χ3v) is 2.04. The van der Waals surface area contributed by atoms with E-state index in [1.807, 2.05) is 0 Å². The molecule has 5 nitrogen and oxygen atoms in total. The van der Waals surface area contributed by atoms with Crippen LogP contribution in [0.2, 0.25) is 0 Å². The summed E-state index contributed by atoms with van der Waals surface area (Å²) in [5.74, 6) is -0.424. The summed E-state index contributed by atoms with van der Waals surface area (Å²) in [6.45, 7) is 0.214. The summed E-state index contributed by atoms with van der Waals surface area (Å²) in [6, 6.07) is 7.22. The Hall–Kier alpha value is -2.21. The van der Waals surface area contributed by atoms with Crippen molar-refractivity contribution in [3.63, 3.8) is 0 Å². The number of nitrogens with one attached hydrogen (secondary N) is 1. The predicted molar refractivity (Wildman–Crippen MR) is 58.7 cm³/mol. The number of carbonyl (C=O) groups is 1. The molecule has 6 heteroatoms. The van der Waals surface area contributed by atoms with Gasteiger partial charge >= 0.3 is 0 Å². The summed E-state index contributed by atoms with van der Waals surface area (Å²) < 4.78 is 17.9. The maximum atomic E-state index is 12.8. The van der Waals surface area contributed by atoms with Crippen molar-refractivity contribution >= 4 is 11.7 Å². The fraction of sp³-hybridized carbons (Fsp3) is 0.0909. The van der Waals surface area contributed by atoms with Gasteiger partial charge in [0.1, 0.15) is 11.6 Å². The Morgan fingerprint density at radius 1 is 1.41 bits per heavy atom. The van der Waals surface area contributed by atoms with Gasteiger partial charge in [-0.1, -0.05) is 6.07 Å². The number of nitrogens with zero attached hydrogens (tertiary/aromatic N) is 1. The highest BCUT2D eigenvalue weighted by atomic mass is 19.1. The molecule has 0 saturated heterocycles. The van der Waals surface area contributed by atoms with Crippen LogP contribution in [-0.4, -0.2) is 10.9 Å². The molecule has 0 fully saturated rings. The van der Waals surface area contributed by atoms with Gasteiger partial charge in [0.2, 0.25) is 5.95 Å². The number of hydrogen-bond acceptors (Lipinski definition) is 4. The van der Waals surface area contributed by atoms with Crippen molar-refractivity contribution in [1.82, 2.24) is 4.98 Å². The van der Waals surface area contributed by atoms with E-state index in [4.69, 9.17) is 10.2 Å². The first-order valence-corrected chi connectivity index (χ1v) is 4.92. The second-order valence-corrected chi connectivity index (χ2v) is 3.27. The normalized spacial score (nSPS) is 10.2. The van der Waals surface area contributed by atoms with Gasteiger partial charge in [-0.2, -0.15) is 4.39 Å². The van der Waals surface area contributed by atoms with Crippen LogP contribution in [0, 0.1) is 5.95 Å². The molecule has 0 spiro atoms. The number of carbonyl (C=O) groups excluding carboxylic acids is 1. The first-order chi connectivity index (χ1) is 8.19. The highest BCUT2D eigenvalue weighted by Gasteiger charge is 2.11. The minimum atomic E-state index is -0.662. The zero-order valence-corrected chi connectivity index (χ0v) is 8.81. The highest BCUT2D eigenvalue weighted by Crippen LogP contribution is 2.10. The standard InChI is InChI=1S/C11H10FN3O2/c12-9-2-1-3-10(14-9)15-11(16)8-5-4-7(6-13)17-8/h1-5H,6,13H2,(H,14,15,16). The van der Waals surface area contributed by atoms with Crippen LogP contribution in [0.1, 0.15) is 16.3 Å². The number of hydrogen-bond donors (Lipinski definition) is 2. The second kappa shape index (κ2) is 4.75. The van der Waals surface area contributed by atoms with Gasteiger partial charge in [-0.3, -0.25) is 4.79 Å². The monoisotopic (exact) mass is 235 g/mol. The summed E-state index contributed by atoms with van der Waals surface area (Å²) in [5.41, 5.74) is 5.35. The topological polar surface area (TPSA) is 81.2 Å². The quantitative estimate of drug-likeness (QED) is 0.790. The molecule has 0 aromatic carbocycles. The lowest BCUT2D eigenvalue weighted by atomic mass is 10.4. The Balaban J connectivity index is 2.11. The molecule has 2 heterocycles. The minimum absolute atomic E-state index is 0.108. The molecule has 0 bridgehead atoms. The number of aromatic nitrogens is 1. The molecule has 0 radical (unpaired) electrons. The average Bonchev–Trinajstić information content (AvgIpc) is 2.77. The van der Waals surface area contributed by atoms with Crippen molar-refractivity contribution in [1.29, 1.82) is 0 Å². The SMILES string of the molecule is NCc1ccc(C(=O)Nc2cccc(F)n2)o1. The Morgan fingerprint density at radius 3 is 2.88 bits per heavy atom. The third-order valence-electron chi connectivity index (χ3n) is 2.04. The first-order valence-electron chi connectivity index (χ1n) is 4.92. The van der Waals surface area contributed by atoms with E-state index in [0.29, 0.717) is 5.76 Å². The minimum Gasteiger partial charge on any atom is -0.455 e. The number of pyridine rings is 1. The number of anilines is 1. The van der Waals surface area contributed by atoms with Gasteiger partial charge in [0.25, 0.3) is 5.91 Å². The summed E-state index contributed by atoms with van der Waals surface area (Å²) >= 11 is 0. The molecule has 17 heavy (non-hydrogen) atoms. The summed E-state index contributed by atoms with van der Waals surface area (Å²) in [6.07, 6.45) is 0. The fourth-order valence-corrected chi connectivity index (χ4v) is 1.27. The third kappa shape index (κ3) is 2.67. The molecule has 3 N–H and O–H groups in total. The number of rotatable bonds is 3. The largest absolute Gasteiger partial charge is 0.455 e. The van der Waals surface area contributed by atoms with Gasteiger partial charge < -0.3 is 15.5 Å². The lowest BCUT2D eigenvalue weighted by Crippen LogP contribution is -2.12. The van der Waals surface area contributed by atoms with E-state index in [2.05, 4.69) is 10.3 Å². The Labute approximate surface area is 96.4 Å². The van der Waals surface area contributed by atoms with E-state index >= 15 is 0 Å². The highest BCUT2D eigenvalue weighted by molar-refractivity contribution is 6.01. The maximum absolute atomic E-state index is 12.8. The van der Waals surface area contributed by atoms with Crippen LogP contribution in [0.3, 0.4) is 0 Å². The molecular formula is C11H10FN3O2. The molecule has 2 aromatic rings. The van der Waals surface area contributed by atoms with Crippen LogP contribution in [0.5, 0.6) is 0 Å². The average molecular weight is 235 g/mol. The number of furan rings is 1. The van der Waals surface area contributed by atoms with Gasteiger partial charge in [-0.25, -0.2) is 4.98 Å². The summed E-state index contributed by atoms with van der Waals surface area (Å²) in [5, 5.41) is 2.41. The zero-order valence-electron chi connectivity index (χ0n) is 8.81. The Morgan fingerprint density at radius 2 is 2.24 bits per heavy atom. The van der Waals surface area contributed by atoms with Crippen LogP contribution < -0.4 is 11.1 Å². The smallest absolute Gasteiger partial charge is 0.292 e. The molecule has 2 rings (SSSR count). The van der Waals surface area contributed by atoms with Gasteiger partial charge in [0.05, 0.1) is 6.54 Å². The van der Waals surface area contributed by atoms with E-state index in [-0.39, 0.29) is 18.1 Å². The van der Waals surface area contributed by atoms with E-state index in [0.717, 1.165) is 0 Å². The van der Waals surface area contributed by atoms with Crippen molar-refractivity contribution in [2.45, 2.75) is 6.54 Å². The molecule has 0 unspecified atom stereocenters. The molecule has 0 aliphatic heterocycles. The van der Waals surface area contributed by atoms with E-state index < -0.39 is 11.9 Å². The van der Waals surface area contributed by atoms with E-state index in [1.54, 1.807) is 6.07 Å². The van der Waals surface area contributed by atoms with Crippen LogP contribution in [0.15, 0.2) is 34.7 Å². The van der Waals surface area contributed by atoms with Crippen molar-refractivity contribution in [2.24, 2.45) is 5.73 Å². The molecular weight excluding hydrogens is 225 g/mol. The summed E-state index contributed by atoms with van der Waals surface area (Å²) in [7, 11) is 0. The molecule has 1 amide bonds. The lowest BCUT2D eigenvalue weighted by Gasteiger charge is -2.01. The first kappa shape index (κ1) is 11.3. The van der Waals surface area contributed by atoms with Crippen LogP contribution >= 0.6 is 0 Å². The van der Waals surface area contributed by atoms with Gasteiger partial charge in [0, 0.05) is 0 Å². The molecule has 2 aromatic heterocycles. The van der Waals surface area contributed by atoms with Crippen molar-refractivity contribution in [2.75, 3.05) is 5.32 Å². The van der Waals surface area contributed by atoms with E-state index in [1.165, 1.54) is 24.3 Å². The Kier molecular flexibility index (Phi) is 3.15. The molecule has 0 aliphatic carbocycles. The predicted octanol–water partition coefficient (Wildman–Crippen LogP) is 1.52. The van der Waals surface area contributed by atoms with Crippen molar-refractivity contribution in [3.05, 3.63) is 47.8 Å². The maximum Gasteiger partial charge on any atom is 0.292 e. The summed E-state index contributed by atoms with van der Waals surface area (Å²) in [4.78, 5) is 15.1. The number of halogens is 1. The van der Waals surface area contributed by atoms with E-state index in [9.17, 15) is 9.18 Å². The van der Waals surface area contributed by atoms with Crippen LogP contribution in [0.4, 0.5) is 10.2 Å². The Bertz CT molecular complexity index is 539. The van der Waals surface area contributed by atoms with Crippen LogP contribution in [-0.2, 0) is 6.54 Å². The molecule has 0 saturated carbocycles. The zero-order chi connectivity index (χ0) is 12.3. The van der Waals surface area contributed by atoms with Gasteiger partial charge in [-0.05, 0) is 24.3 Å². The van der Waals surface area contributed by atoms with Crippen LogP contribution in [0.25, 0.3) is 0 Å². The molecule has 88 valence electrons. The van der Waals surface area contributed by atoms with Gasteiger partial charge in [0.15, 0.2) is 5.76 Å². The lowest BCUT2D eigenvalue weighted by molar-refractivity contribution is 0.0994. The molecule has 0 aliphatic rings. The van der Waals surface area contributed by atoms with Crippen molar-refractivity contribution in [3.8, 4) is 0 Å². The number of amides is 1. The number of nitrogens with two attached hydrogens (primary N) is 1.